The molecule has 36 heavy (non-hydrogen) atoms. The molecule has 3 rings (SSSR count). The first-order valence-electron chi connectivity index (χ1n) is 11.5. The third kappa shape index (κ3) is 6.67. The van der Waals surface area contributed by atoms with Crippen molar-refractivity contribution < 1.29 is 32.6 Å². The van der Waals surface area contributed by atoms with E-state index in [0.29, 0.717) is 24.5 Å². The van der Waals surface area contributed by atoms with Crippen molar-refractivity contribution in [2.24, 2.45) is 5.92 Å². The number of carbonyl (C=O) groups is 2. The van der Waals surface area contributed by atoms with Crippen LogP contribution in [0, 0.1) is 5.92 Å². The molecule has 3 atom stereocenters. The molecule has 2 aromatic carbocycles. The van der Waals surface area contributed by atoms with E-state index in [4.69, 9.17) is 4.74 Å². The van der Waals surface area contributed by atoms with Crippen LogP contribution >= 0.6 is 0 Å². The Hall–Kier alpha value is -3.31. The fourth-order valence-corrected chi connectivity index (χ4v) is 3.91. The predicted octanol–water partition coefficient (Wildman–Crippen LogP) is 4.13. The minimum Gasteiger partial charge on any atom is -0.488 e. The lowest BCUT2D eigenvalue weighted by Crippen LogP contribution is -2.49. The lowest BCUT2D eigenvalue weighted by molar-refractivity contribution is -0.137. The molecule has 0 saturated carbocycles. The molecule has 0 aromatic heterocycles. The van der Waals surface area contributed by atoms with E-state index in [9.17, 15) is 27.9 Å². The van der Waals surface area contributed by atoms with Gasteiger partial charge in [0, 0.05) is 30.4 Å². The van der Waals surface area contributed by atoms with Gasteiger partial charge in [-0.1, -0.05) is 6.92 Å². The summed E-state index contributed by atoms with van der Waals surface area (Å²) in [6, 6.07) is 7.61. The number of nitrogens with zero attached hydrogens (tertiary/aromatic N) is 2. The zero-order valence-corrected chi connectivity index (χ0v) is 20.6. The average molecular weight is 509 g/mol. The molecule has 3 amide bonds. The first kappa shape index (κ1) is 27.3. The fraction of sp³-hybridized carbons (Fsp3) is 0.440. The monoisotopic (exact) mass is 508 g/mol. The van der Waals surface area contributed by atoms with E-state index in [1.54, 1.807) is 24.0 Å². The normalized spacial score (nSPS) is 19.1. The molecular weight excluding hydrogens is 477 g/mol. The number of urea groups is 1. The number of ether oxygens (including phenoxy) is 1. The van der Waals surface area contributed by atoms with Crippen LogP contribution in [-0.2, 0) is 6.18 Å². The van der Waals surface area contributed by atoms with Gasteiger partial charge in [-0.3, -0.25) is 4.79 Å². The standard InChI is InChI=1S/C25H31F3N4O4/c1-15-12-32(16(2)14-33)23(34)20-11-19(9-10-21(20)36-22(15)13-31(3)4)30-24(35)29-18-7-5-17(6-8-18)25(26,27)28/h5-11,15-16,22,33H,12-14H2,1-4H3,(H2,29,30,35)/t15-,16-,22-/m1/s1. The number of amides is 3. The van der Waals surface area contributed by atoms with Crippen molar-refractivity contribution in [2.75, 3.05) is 44.4 Å². The third-order valence-corrected chi connectivity index (χ3v) is 5.94. The second kappa shape index (κ2) is 11.2. The average Bonchev–Trinajstić information content (AvgIpc) is 2.80. The Morgan fingerprint density at radius 2 is 1.78 bits per heavy atom. The molecule has 1 aliphatic heterocycles. The van der Waals surface area contributed by atoms with Crippen LogP contribution in [0.4, 0.5) is 29.3 Å². The molecule has 0 fully saturated rings. The highest BCUT2D eigenvalue weighted by atomic mass is 19.4. The second-order valence-electron chi connectivity index (χ2n) is 9.25. The molecule has 196 valence electrons. The first-order valence-corrected chi connectivity index (χ1v) is 11.5. The molecule has 8 nitrogen and oxygen atoms in total. The van der Waals surface area contributed by atoms with E-state index < -0.39 is 23.8 Å². The van der Waals surface area contributed by atoms with Crippen LogP contribution in [0.1, 0.15) is 29.8 Å². The highest BCUT2D eigenvalue weighted by molar-refractivity contribution is 6.02. The zero-order chi connectivity index (χ0) is 26.6. The molecule has 0 saturated heterocycles. The molecule has 2 aromatic rings. The van der Waals surface area contributed by atoms with Crippen LogP contribution in [0.15, 0.2) is 42.5 Å². The highest BCUT2D eigenvalue weighted by Gasteiger charge is 2.33. The van der Waals surface area contributed by atoms with E-state index in [-0.39, 0.29) is 35.8 Å². The molecular formula is C25H31F3N4O4. The molecule has 0 radical (unpaired) electrons. The number of aliphatic hydroxyl groups excluding tert-OH is 1. The van der Waals surface area contributed by atoms with Crippen molar-refractivity contribution >= 4 is 23.3 Å². The Balaban J connectivity index is 1.83. The van der Waals surface area contributed by atoms with Gasteiger partial charge in [0.2, 0.25) is 0 Å². The van der Waals surface area contributed by atoms with Gasteiger partial charge in [0.1, 0.15) is 11.9 Å². The Kier molecular flexibility index (Phi) is 8.47. The van der Waals surface area contributed by atoms with Crippen molar-refractivity contribution in [2.45, 2.75) is 32.2 Å². The minimum absolute atomic E-state index is 0.00851. The second-order valence-corrected chi connectivity index (χ2v) is 9.25. The summed E-state index contributed by atoms with van der Waals surface area (Å²) < 4.78 is 44.4. The fourth-order valence-electron chi connectivity index (χ4n) is 3.91. The van der Waals surface area contributed by atoms with Gasteiger partial charge in [0.05, 0.1) is 23.8 Å². The Labute approximate surface area is 208 Å². The molecule has 0 spiro atoms. The Bertz CT molecular complexity index is 1080. The molecule has 11 heteroatoms. The van der Waals surface area contributed by atoms with Crippen molar-refractivity contribution in [3.8, 4) is 5.75 Å². The number of hydrogen-bond donors (Lipinski definition) is 3. The molecule has 0 unspecified atom stereocenters. The lowest BCUT2D eigenvalue weighted by atomic mass is 9.99. The first-order chi connectivity index (χ1) is 16.9. The Morgan fingerprint density at radius 3 is 2.36 bits per heavy atom. The SMILES string of the molecule is C[C@@H]1CN([C@H](C)CO)C(=O)c2cc(NC(=O)Nc3ccc(C(F)(F)F)cc3)ccc2O[C@@H]1CN(C)C. The summed E-state index contributed by atoms with van der Waals surface area (Å²) in [5.74, 6) is 0.0153. The predicted molar refractivity (Wildman–Crippen MR) is 130 cm³/mol. The Morgan fingerprint density at radius 1 is 1.17 bits per heavy atom. The van der Waals surface area contributed by atoms with E-state index in [1.165, 1.54) is 6.07 Å². The van der Waals surface area contributed by atoms with Crippen LogP contribution in [0.3, 0.4) is 0 Å². The quantitative estimate of drug-likeness (QED) is 0.546. The van der Waals surface area contributed by atoms with Crippen molar-refractivity contribution in [1.29, 1.82) is 0 Å². The maximum atomic E-state index is 13.4. The lowest BCUT2D eigenvalue weighted by Gasteiger charge is -2.37. The summed E-state index contributed by atoms with van der Waals surface area (Å²) in [7, 11) is 3.86. The zero-order valence-electron chi connectivity index (χ0n) is 20.6. The number of benzene rings is 2. The number of likely N-dealkylation sites (N-methyl/N-ethyl adjacent to an activating group) is 1. The summed E-state index contributed by atoms with van der Waals surface area (Å²) in [6.45, 7) is 4.54. The van der Waals surface area contributed by atoms with Crippen molar-refractivity contribution in [3.63, 3.8) is 0 Å². The number of nitrogens with one attached hydrogen (secondary N) is 2. The number of fused-ring (bicyclic) bond motifs is 1. The highest BCUT2D eigenvalue weighted by Crippen LogP contribution is 2.31. The van der Waals surface area contributed by atoms with Gasteiger partial charge >= 0.3 is 12.2 Å². The summed E-state index contributed by atoms with van der Waals surface area (Å²) in [4.78, 5) is 29.5. The van der Waals surface area contributed by atoms with E-state index in [1.807, 2.05) is 25.9 Å². The smallest absolute Gasteiger partial charge is 0.416 e. The number of rotatable bonds is 6. The van der Waals surface area contributed by atoms with Gasteiger partial charge < -0.3 is 30.3 Å². The van der Waals surface area contributed by atoms with Gasteiger partial charge in [-0.25, -0.2) is 4.79 Å². The summed E-state index contributed by atoms with van der Waals surface area (Å²) in [5.41, 5.74) is -0.116. The molecule has 0 bridgehead atoms. The van der Waals surface area contributed by atoms with Gasteiger partial charge in [0.25, 0.3) is 5.91 Å². The topological polar surface area (TPSA) is 94.1 Å². The van der Waals surface area contributed by atoms with E-state index in [2.05, 4.69) is 10.6 Å². The number of anilines is 2. The van der Waals surface area contributed by atoms with Crippen LogP contribution in [0.5, 0.6) is 5.75 Å². The molecule has 0 aliphatic carbocycles. The van der Waals surface area contributed by atoms with Crippen LogP contribution < -0.4 is 15.4 Å². The number of alkyl halides is 3. The van der Waals surface area contributed by atoms with Gasteiger partial charge in [-0.15, -0.1) is 0 Å². The van der Waals surface area contributed by atoms with Crippen LogP contribution in [-0.4, -0.2) is 72.8 Å². The van der Waals surface area contributed by atoms with Gasteiger partial charge in [0.15, 0.2) is 0 Å². The van der Waals surface area contributed by atoms with Crippen LogP contribution in [0.25, 0.3) is 0 Å². The number of carbonyl (C=O) groups excluding carboxylic acids is 2. The van der Waals surface area contributed by atoms with E-state index >= 15 is 0 Å². The minimum atomic E-state index is -4.47. The van der Waals surface area contributed by atoms with Gasteiger partial charge in [-0.2, -0.15) is 13.2 Å². The number of aliphatic hydroxyl groups is 1. The number of hydrogen-bond acceptors (Lipinski definition) is 5. The summed E-state index contributed by atoms with van der Waals surface area (Å²) in [6.07, 6.45) is -4.69. The van der Waals surface area contributed by atoms with Crippen LogP contribution in [0.2, 0.25) is 0 Å². The maximum absolute atomic E-state index is 13.4. The van der Waals surface area contributed by atoms with Gasteiger partial charge in [-0.05, 0) is 63.5 Å². The third-order valence-electron chi connectivity index (χ3n) is 5.94. The molecule has 3 N–H and O–H groups in total. The maximum Gasteiger partial charge on any atom is 0.416 e. The molecule has 1 aliphatic rings. The number of halogens is 3. The summed E-state index contributed by atoms with van der Waals surface area (Å²) >= 11 is 0. The van der Waals surface area contributed by atoms with Crippen molar-refractivity contribution in [3.05, 3.63) is 53.6 Å². The van der Waals surface area contributed by atoms with Crippen molar-refractivity contribution in [1.82, 2.24) is 9.80 Å². The largest absolute Gasteiger partial charge is 0.488 e. The molecule has 1 heterocycles. The summed E-state index contributed by atoms with van der Waals surface area (Å²) in [5, 5.41) is 14.8. The van der Waals surface area contributed by atoms with E-state index in [0.717, 1.165) is 24.3 Å².